The van der Waals surface area contributed by atoms with Gasteiger partial charge in [-0.1, -0.05) is 13.0 Å². The highest BCUT2D eigenvalue weighted by atomic mass is 31.1. The number of benzene rings is 1. The molecule has 0 N–H and O–H groups in total. The van der Waals surface area contributed by atoms with Crippen molar-refractivity contribution in [2.45, 2.75) is 6.92 Å². The van der Waals surface area contributed by atoms with Gasteiger partial charge in [0.2, 0.25) is 0 Å². The lowest BCUT2D eigenvalue weighted by Gasteiger charge is -2.11. The lowest BCUT2D eigenvalue weighted by atomic mass is 10.2. The van der Waals surface area contributed by atoms with Crippen LogP contribution < -0.4 is 9.47 Å². The molecule has 0 aliphatic rings. The van der Waals surface area contributed by atoms with Crippen molar-refractivity contribution in [1.29, 1.82) is 0 Å². The van der Waals surface area contributed by atoms with Crippen LogP contribution in [-0.2, 0) is 0 Å². The predicted molar refractivity (Wildman–Crippen MR) is 62.7 cm³/mol. The average Bonchev–Trinajstić information content (AvgIpc) is 2.28. The van der Waals surface area contributed by atoms with E-state index in [0.717, 1.165) is 6.16 Å². The molecule has 1 aromatic rings. The van der Waals surface area contributed by atoms with Crippen LogP contribution in [0, 0.1) is 0 Å². The minimum absolute atomic E-state index is 0.0896. The van der Waals surface area contributed by atoms with E-state index in [0.29, 0.717) is 17.1 Å². The van der Waals surface area contributed by atoms with Crippen LogP contribution in [0.1, 0.15) is 17.3 Å². The van der Waals surface area contributed by atoms with Crippen LogP contribution in [0.5, 0.6) is 11.5 Å². The first-order chi connectivity index (χ1) is 7.24. The third kappa shape index (κ3) is 2.69. The van der Waals surface area contributed by atoms with Gasteiger partial charge in [0.05, 0.1) is 14.2 Å². The van der Waals surface area contributed by atoms with E-state index in [1.165, 1.54) is 0 Å². The molecule has 0 aliphatic heterocycles. The second-order valence-corrected chi connectivity index (χ2v) is 4.41. The van der Waals surface area contributed by atoms with Gasteiger partial charge >= 0.3 is 0 Å². The fourth-order valence-corrected chi connectivity index (χ4v) is 2.07. The normalized spacial score (nSPS) is 10.6. The first-order valence-corrected chi connectivity index (χ1v) is 5.94. The molecule has 0 fully saturated rings. The van der Waals surface area contributed by atoms with Crippen LogP contribution in [-0.4, -0.2) is 25.9 Å². The lowest BCUT2D eigenvalue weighted by molar-refractivity contribution is 0.108. The molecule has 0 saturated heterocycles. The quantitative estimate of drug-likeness (QED) is 0.724. The second-order valence-electron chi connectivity index (χ2n) is 2.90. The summed E-state index contributed by atoms with van der Waals surface area (Å²) in [5.74, 6) is 1.17. The SMILES string of the molecule is CCPC(=O)c1c(OC)cccc1OC. The van der Waals surface area contributed by atoms with Crippen molar-refractivity contribution >= 4 is 14.1 Å². The van der Waals surface area contributed by atoms with E-state index in [1.807, 2.05) is 13.0 Å². The molecule has 4 heteroatoms. The standard InChI is InChI=1S/C11H15O3P/c1-4-15-11(12)10-8(13-2)6-5-7-9(10)14-3/h5-7,15H,4H2,1-3H3. The minimum Gasteiger partial charge on any atom is -0.496 e. The maximum atomic E-state index is 11.9. The smallest absolute Gasteiger partial charge is 0.188 e. The average molecular weight is 226 g/mol. The molecule has 82 valence electrons. The van der Waals surface area contributed by atoms with Gasteiger partial charge in [0.1, 0.15) is 17.1 Å². The zero-order chi connectivity index (χ0) is 11.3. The topological polar surface area (TPSA) is 35.5 Å². The number of hydrogen-bond donors (Lipinski definition) is 0. The largest absolute Gasteiger partial charge is 0.496 e. The van der Waals surface area contributed by atoms with Gasteiger partial charge in [-0.05, 0) is 26.9 Å². The van der Waals surface area contributed by atoms with Crippen molar-refractivity contribution in [2.24, 2.45) is 0 Å². The van der Waals surface area contributed by atoms with Crippen molar-refractivity contribution in [3.63, 3.8) is 0 Å². The Kier molecular flexibility index (Phi) is 4.57. The summed E-state index contributed by atoms with van der Waals surface area (Å²) < 4.78 is 10.3. The van der Waals surface area contributed by atoms with E-state index in [4.69, 9.17) is 9.47 Å². The summed E-state index contributed by atoms with van der Waals surface area (Å²) in [5.41, 5.74) is 0.648. The molecule has 15 heavy (non-hydrogen) atoms. The first-order valence-electron chi connectivity index (χ1n) is 4.73. The molecular weight excluding hydrogens is 211 g/mol. The van der Waals surface area contributed by atoms with Crippen molar-refractivity contribution < 1.29 is 14.3 Å². The van der Waals surface area contributed by atoms with Crippen LogP contribution in [0.15, 0.2) is 18.2 Å². The zero-order valence-electron chi connectivity index (χ0n) is 9.16. The molecule has 1 rings (SSSR count). The highest BCUT2D eigenvalue weighted by Crippen LogP contribution is 2.33. The van der Waals surface area contributed by atoms with Crippen molar-refractivity contribution in [1.82, 2.24) is 0 Å². The van der Waals surface area contributed by atoms with E-state index in [-0.39, 0.29) is 14.1 Å². The Labute approximate surface area is 91.6 Å². The molecule has 0 bridgehead atoms. The molecule has 0 aliphatic carbocycles. The molecule has 0 saturated carbocycles. The Morgan fingerprint density at radius 3 is 2.20 bits per heavy atom. The molecule has 0 heterocycles. The second kappa shape index (κ2) is 5.72. The Hall–Kier alpha value is -1.08. The maximum absolute atomic E-state index is 11.9. The third-order valence-electron chi connectivity index (χ3n) is 1.99. The van der Waals surface area contributed by atoms with E-state index in [9.17, 15) is 4.79 Å². The highest BCUT2D eigenvalue weighted by Gasteiger charge is 2.16. The summed E-state index contributed by atoms with van der Waals surface area (Å²) in [5, 5.41) is 0. The first kappa shape index (κ1) is 12.0. The van der Waals surface area contributed by atoms with Gasteiger partial charge in [-0.15, -0.1) is 0 Å². The van der Waals surface area contributed by atoms with Crippen molar-refractivity contribution in [3.8, 4) is 11.5 Å². The molecule has 0 radical (unpaired) electrons. The monoisotopic (exact) mass is 226 g/mol. The Morgan fingerprint density at radius 1 is 1.27 bits per heavy atom. The number of ether oxygens (including phenoxy) is 2. The highest BCUT2D eigenvalue weighted by molar-refractivity contribution is 7.58. The summed E-state index contributed by atoms with van der Waals surface area (Å²) in [6.45, 7) is 1.98. The molecule has 0 aromatic heterocycles. The minimum atomic E-state index is 0.0896. The molecule has 1 aromatic carbocycles. The van der Waals surface area contributed by atoms with Gasteiger partial charge in [0.25, 0.3) is 0 Å². The van der Waals surface area contributed by atoms with Crippen LogP contribution >= 0.6 is 8.58 Å². The van der Waals surface area contributed by atoms with Crippen LogP contribution in [0.25, 0.3) is 0 Å². The molecular formula is C11H15O3P. The Balaban J connectivity index is 3.15. The molecule has 0 amide bonds. The number of methoxy groups -OCH3 is 2. The Bertz CT molecular complexity index is 327. The van der Waals surface area contributed by atoms with Crippen molar-refractivity contribution in [3.05, 3.63) is 23.8 Å². The fourth-order valence-electron chi connectivity index (χ4n) is 1.32. The van der Waals surface area contributed by atoms with Gasteiger partial charge in [-0.2, -0.15) is 0 Å². The van der Waals surface area contributed by atoms with Gasteiger partial charge < -0.3 is 9.47 Å². The maximum Gasteiger partial charge on any atom is 0.188 e. The summed E-state index contributed by atoms with van der Waals surface area (Å²) in [7, 11) is 3.38. The number of carbonyl (C=O) groups excluding carboxylic acids is 1. The van der Waals surface area contributed by atoms with Crippen LogP contribution in [0.3, 0.4) is 0 Å². The van der Waals surface area contributed by atoms with Crippen LogP contribution in [0.4, 0.5) is 0 Å². The molecule has 0 spiro atoms. The van der Waals surface area contributed by atoms with E-state index >= 15 is 0 Å². The summed E-state index contributed by atoms with van der Waals surface area (Å²) in [4.78, 5) is 11.9. The fraction of sp³-hybridized carbons (Fsp3) is 0.364. The van der Waals surface area contributed by atoms with Gasteiger partial charge in [-0.3, -0.25) is 4.79 Å². The summed E-state index contributed by atoms with van der Waals surface area (Å²) in [6.07, 6.45) is 0.847. The summed E-state index contributed by atoms with van der Waals surface area (Å²) in [6, 6.07) is 5.36. The Morgan fingerprint density at radius 2 is 1.80 bits per heavy atom. The zero-order valence-corrected chi connectivity index (χ0v) is 10.2. The van der Waals surface area contributed by atoms with Gasteiger partial charge in [0, 0.05) is 0 Å². The van der Waals surface area contributed by atoms with Gasteiger partial charge in [-0.25, -0.2) is 0 Å². The van der Waals surface area contributed by atoms with E-state index in [1.54, 1.807) is 26.4 Å². The lowest BCUT2D eigenvalue weighted by Crippen LogP contribution is -2.00. The number of carbonyl (C=O) groups is 1. The molecule has 1 unspecified atom stereocenters. The van der Waals surface area contributed by atoms with Gasteiger partial charge in [0.15, 0.2) is 5.52 Å². The van der Waals surface area contributed by atoms with Crippen LogP contribution in [0.2, 0.25) is 0 Å². The third-order valence-corrected chi connectivity index (χ3v) is 2.92. The van der Waals surface area contributed by atoms with E-state index < -0.39 is 0 Å². The summed E-state index contributed by atoms with van der Waals surface area (Å²) >= 11 is 0. The molecule has 1 atom stereocenters. The number of hydrogen-bond acceptors (Lipinski definition) is 3. The van der Waals surface area contributed by atoms with E-state index in [2.05, 4.69) is 0 Å². The van der Waals surface area contributed by atoms with Crippen molar-refractivity contribution in [2.75, 3.05) is 20.4 Å². The predicted octanol–water partition coefficient (Wildman–Crippen LogP) is 2.54. The molecule has 3 nitrogen and oxygen atoms in total. The number of rotatable bonds is 5.